The van der Waals surface area contributed by atoms with Gasteiger partial charge < -0.3 is 29.2 Å². The van der Waals surface area contributed by atoms with Crippen molar-refractivity contribution in [2.45, 2.75) is 19.0 Å². The summed E-state index contributed by atoms with van der Waals surface area (Å²) >= 11 is 0. The Bertz CT molecular complexity index is 920. The van der Waals surface area contributed by atoms with Crippen molar-refractivity contribution in [2.24, 2.45) is 0 Å². The summed E-state index contributed by atoms with van der Waals surface area (Å²) in [5, 5.41) is 2.83. The van der Waals surface area contributed by atoms with E-state index in [4.69, 9.17) is 18.9 Å². The number of hydrogen-bond donors (Lipinski definition) is 1. The molecule has 0 aromatic heterocycles. The van der Waals surface area contributed by atoms with Crippen molar-refractivity contribution in [3.05, 3.63) is 53.1 Å². The van der Waals surface area contributed by atoms with Crippen LogP contribution in [-0.2, 0) is 16.1 Å². The lowest BCUT2D eigenvalue weighted by Crippen LogP contribution is -2.35. The third-order valence-corrected chi connectivity index (χ3v) is 5.30. The molecule has 2 amide bonds. The Morgan fingerprint density at radius 3 is 2.32 bits per heavy atom. The maximum Gasteiger partial charge on any atom is 0.255 e. The lowest BCUT2D eigenvalue weighted by atomic mass is 10.00. The highest BCUT2D eigenvalue weighted by Gasteiger charge is 2.35. The summed E-state index contributed by atoms with van der Waals surface area (Å²) in [5.41, 5.74) is 2.31. The molecule has 1 N–H and O–H groups in total. The van der Waals surface area contributed by atoms with E-state index in [1.54, 1.807) is 24.1 Å². The van der Waals surface area contributed by atoms with Gasteiger partial charge in [-0.05, 0) is 29.3 Å². The number of amides is 2. The first kappa shape index (κ1) is 22.4. The second kappa shape index (κ2) is 10.2. The predicted molar refractivity (Wildman–Crippen MR) is 115 cm³/mol. The van der Waals surface area contributed by atoms with E-state index in [1.165, 1.54) is 21.3 Å². The number of fused-ring (bicyclic) bond motifs is 1. The van der Waals surface area contributed by atoms with Crippen LogP contribution >= 0.6 is 0 Å². The maximum absolute atomic E-state index is 13.2. The van der Waals surface area contributed by atoms with Gasteiger partial charge in [-0.15, -0.1) is 0 Å². The van der Waals surface area contributed by atoms with Gasteiger partial charge in [-0.1, -0.05) is 18.2 Å². The highest BCUT2D eigenvalue weighted by molar-refractivity contribution is 5.98. The number of nitrogens with one attached hydrogen (secondary N) is 1. The number of ether oxygens (including phenoxy) is 4. The van der Waals surface area contributed by atoms with E-state index in [1.807, 2.05) is 24.3 Å². The zero-order chi connectivity index (χ0) is 22.4. The molecular weight excluding hydrogens is 400 g/mol. The van der Waals surface area contributed by atoms with Crippen LogP contribution in [0.1, 0.15) is 33.9 Å². The highest BCUT2D eigenvalue weighted by Crippen LogP contribution is 2.42. The molecule has 8 heteroatoms. The molecule has 2 aromatic carbocycles. The molecule has 1 aliphatic rings. The Labute approximate surface area is 182 Å². The molecule has 2 aromatic rings. The summed E-state index contributed by atoms with van der Waals surface area (Å²) in [6, 6.07) is 10.5. The summed E-state index contributed by atoms with van der Waals surface area (Å²) in [6.45, 7) is 1.22. The molecular formula is C23H28N2O6. The van der Waals surface area contributed by atoms with Crippen molar-refractivity contribution < 1.29 is 28.5 Å². The molecule has 1 heterocycles. The van der Waals surface area contributed by atoms with Gasteiger partial charge in [0.15, 0.2) is 11.5 Å². The number of rotatable bonds is 10. The van der Waals surface area contributed by atoms with E-state index in [9.17, 15) is 9.59 Å². The largest absolute Gasteiger partial charge is 0.493 e. The van der Waals surface area contributed by atoms with Crippen molar-refractivity contribution in [1.29, 1.82) is 0 Å². The van der Waals surface area contributed by atoms with E-state index in [2.05, 4.69) is 5.32 Å². The topological polar surface area (TPSA) is 86.3 Å². The second-order valence-corrected chi connectivity index (χ2v) is 7.11. The lowest BCUT2D eigenvalue weighted by molar-refractivity contribution is -0.122. The fourth-order valence-electron chi connectivity index (χ4n) is 3.77. The number of benzene rings is 2. The summed E-state index contributed by atoms with van der Waals surface area (Å²) in [7, 11) is 6.17. The van der Waals surface area contributed by atoms with Crippen LogP contribution in [0.2, 0.25) is 0 Å². The van der Waals surface area contributed by atoms with Crippen molar-refractivity contribution in [3.63, 3.8) is 0 Å². The third-order valence-electron chi connectivity index (χ3n) is 5.30. The van der Waals surface area contributed by atoms with Crippen LogP contribution in [-0.4, -0.2) is 58.3 Å². The Kier molecular flexibility index (Phi) is 7.36. The Morgan fingerprint density at radius 2 is 1.74 bits per heavy atom. The van der Waals surface area contributed by atoms with Gasteiger partial charge in [0.05, 0.1) is 40.4 Å². The Hall–Kier alpha value is -3.26. The van der Waals surface area contributed by atoms with E-state index in [0.29, 0.717) is 42.5 Å². The molecule has 0 saturated carbocycles. The number of methoxy groups -OCH3 is 4. The Balaban J connectivity index is 1.99. The van der Waals surface area contributed by atoms with Gasteiger partial charge in [-0.3, -0.25) is 9.59 Å². The van der Waals surface area contributed by atoms with Crippen LogP contribution in [0.25, 0.3) is 0 Å². The fraction of sp³-hybridized carbons (Fsp3) is 0.391. The zero-order valence-corrected chi connectivity index (χ0v) is 18.3. The lowest BCUT2D eigenvalue weighted by Gasteiger charge is -2.29. The molecule has 0 radical (unpaired) electrons. The summed E-state index contributed by atoms with van der Waals surface area (Å²) in [4.78, 5) is 27.6. The first-order valence-electron chi connectivity index (χ1n) is 9.98. The SMILES string of the molecule is COCCNC(=O)CC(c1cc(OC)c(OC)c(OC)c1)N1Cc2ccccc2C1=O. The van der Waals surface area contributed by atoms with Gasteiger partial charge in [-0.2, -0.15) is 0 Å². The summed E-state index contributed by atoms with van der Waals surface area (Å²) < 4.78 is 21.4. The zero-order valence-electron chi connectivity index (χ0n) is 18.3. The van der Waals surface area contributed by atoms with Gasteiger partial charge in [0.2, 0.25) is 11.7 Å². The smallest absolute Gasteiger partial charge is 0.255 e. The van der Waals surface area contributed by atoms with E-state index in [0.717, 1.165) is 11.1 Å². The van der Waals surface area contributed by atoms with Gasteiger partial charge in [-0.25, -0.2) is 0 Å². The van der Waals surface area contributed by atoms with Crippen LogP contribution in [0.15, 0.2) is 36.4 Å². The van der Waals surface area contributed by atoms with E-state index in [-0.39, 0.29) is 18.2 Å². The molecule has 0 spiro atoms. The van der Waals surface area contributed by atoms with E-state index >= 15 is 0 Å². The molecule has 31 heavy (non-hydrogen) atoms. The quantitative estimate of drug-likeness (QED) is 0.586. The molecule has 166 valence electrons. The molecule has 0 saturated heterocycles. The fourth-order valence-corrected chi connectivity index (χ4v) is 3.77. The molecule has 0 fully saturated rings. The third kappa shape index (κ3) is 4.74. The van der Waals surface area contributed by atoms with Gasteiger partial charge in [0.1, 0.15) is 0 Å². The highest BCUT2D eigenvalue weighted by atomic mass is 16.5. The molecule has 3 rings (SSSR count). The molecule has 8 nitrogen and oxygen atoms in total. The van der Waals surface area contributed by atoms with Crippen molar-refractivity contribution >= 4 is 11.8 Å². The van der Waals surface area contributed by atoms with Gasteiger partial charge in [0.25, 0.3) is 5.91 Å². The standard InChI is InChI=1S/C23H28N2O6/c1-28-10-9-24-21(26)13-18(25-14-15-7-5-6-8-17(15)23(25)27)16-11-19(29-2)22(31-4)20(12-16)30-3/h5-8,11-12,18H,9-10,13-14H2,1-4H3,(H,24,26). The minimum absolute atomic E-state index is 0.0854. The molecule has 0 aliphatic carbocycles. The van der Waals surface area contributed by atoms with Crippen molar-refractivity contribution in [3.8, 4) is 17.2 Å². The first-order valence-corrected chi connectivity index (χ1v) is 9.98. The van der Waals surface area contributed by atoms with Gasteiger partial charge in [0, 0.05) is 25.8 Å². The first-order chi connectivity index (χ1) is 15.0. The normalized spacial score (nSPS) is 13.5. The van der Waals surface area contributed by atoms with Crippen molar-refractivity contribution in [1.82, 2.24) is 10.2 Å². The van der Waals surface area contributed by atoms with Gasteiger partial charge >= 0.3 is 0 Å². The van der Waals surface area contributed by atoms with Crippen molar-refractivity contribution in [2.75, 3.05) is 41.6 Å². The average molecular weight is 428 g/mol. The molecule has 1 unspecified atom stereocenters. The van der Waals surface area contributed by atoms with Crippen LogP contribution in [0.5, 0.6) is 17.2 Å². The minimum Gasteiger partial charge on any atom is -0.493 e. The predicted octanol–water partition coefficient (Wildman–Crippen LogP) is 2.56. The number of nitrogens with zero attached hydrogens (tertiary/aromatic N) is 1. The molecule has 0 bridgehead atoms. The van der Waals surface area contributed by atoms with Crippen LogP contribution in [0.3, 0.4) is 0 Å². The second-order valence-electron chi connectivity index (χ2n) is 7.11. The van der Waals surface area contributed by atoms with Crippen LogP contribution in [0.4, 0.5) is 0 Å². The number of carbonyl (C=O) groups excluding carboxylic acids is 2. The maximum atomic E-state index is 13.2. The van der Waals surface area contributed by atoms with Crippen LogP contribution < -0.4 is 19.5 Å². The molecule has 1 atom stereocenters. The monoisotopic (exact) mass is 428 g/mol. The number of hydrogen-bond acceptors (Lipinski definition) is 6. The molecule has 1 aliphatic heterocycles. The number of carbonyl (C=O) groups is 2. The average Bonchev–Trinajstić information content (AvgIpc) is 3.13. The van der Waals surface area contributed by atoms with Crippen LogP contribution in [0, 0.1) is 0 Å². The summed E-state index contributed by atoms with van der Waals surface area (Å²) in [6.07, 6.45) is 0.0854. The van der Waals surface area contributed by atoms with E-state index < -0.39 is 6.04 Å². The minimum atomic E-state index is -0.517. The Morgan fingerprint density at radius 1 is 1.06 bits per heavy atom. The summed E-state index contributed by atoms with van der Waals surface area (Å²) in [5.74, 6) is 1.09.